The Labute approximate surface area is 359 Å². The third kappa shape index (κ3) is 23.0. The van der Waals surface area contributed by atoms with Gasteiger partial charge in [-0.05, 0) is 93.5 Å². The van der Waals surface area contributed by atoms with Crippen LogP contribution in [0, 0.1) is 27.1 Å². The van der Waals surface area contributed by atoms with Gasteiger partial charge in [-0.2, -0.15) is 0 Å². The first-order valence-electron chi connectivity index (χ1n) is 22.4. The van der Waals surface area contributed by atoms with Gasteiger partial charge in [-0.3, -0.25) is 0 Å². The van der Waals surface area contributed by atoms with Crippen molar-refractivity contribution >= 4 is 6.09 Å². The number of carbonyl (C=O) groups excluding carboxylic acids is 1. The fraction of sp³-hybridized carbons (Fsp3) is 0.784. The van der Waals surface area contributed by atoms with Gasteiger partial charge in [-0.25, -0.2) is 4.79 Å². The minimum Gasteiger partial charge on any atom is -0.444 e. The highest BCUT2D eigenvalue weighted by Gasteiger charge is 2.27. The molecule has 7 heteroatoms. The van der Waals surface area contributed by atoms with Crippen molar-refractivity contribution in [3.05, 3.63) is 58.2 Å². The number of carbonyl (C=O) groups is 1. The van der Waals surface area contributed by atoms with Gasteiger partial charge in [0.2, 0.25) is 0 Å². The Hall–Kier alpha value is -2.19. The van der Waals surface area contributed by atoms with Crippen LogP contribution in [-0.2, 0) is 14.2 Å². The minimum atomic E-state index is -0.412. The molecule has 0 fully saturated rings. The van der Waals surface area contributed by atoms with E-state index in [9.17, 15) is 4.79 Å². The van der Waals surface area contributed by atoms with Crippen molar-refractivity contribution in [1.82, 2.24) is 15.1 Å². The van der Waals surface area contributed by atoms with Crippen LogP contribution in [0.25, 0.3) is 0 Å². The van der Waals surface area contributed by atoms with Gasteiger partial charge in [0.05, 0.1) is 26.4 Å². The number of likely N-dealkylation sites (N-methyl/N-ethyl adjacent to an activating group) is 1. The molecule has 7 nitrogen and oxygen atoms in total. The van der Waals surface area contributed by atoms with Crippen LogP contribution >= 0.6 is 0 Å². The fourth-order valence-corrected chi connectivity index (χ4v) is 7.01. The average molecular weight is 812 g/mol. The Morgan fingerprint density at radius 2 is 0.931 bits per heavy atom. The lowest BCUT2D eigenvalue weighted by atomic mass is 9.83. The third-order valence-electron chi connectivity index (χ3n) is 11.1. The van der Waals surface area contributed by atoms with Gasteiger partial charge in [0.15, 0.2) is 0 Å². The molecule has 0 aliphatic carbocycles. The van der Waals surface area contributed by atoms with E-state index in [-0.39, 0.29) is 11.5 Å². The number of amides is 1. The van der Waals surface area contributed by atoms with Gasteiger partial charge in [0.25, 0.3) is 0 Å². The van der Waals surface area contributed by atoms with Crippen LogP contribution in [0.3, 0.4) is 0 Å². The fourth-order valence-electron chi connectivity index (χ4n) is 7.01. The third-order valence-corrected chi connectivity index (χ3v) is 11.1. The van der Waals surface area contributed by atoms with E-state index in [1.165, 1.54) is 25.0 Å². The first-order chi connectivity index (χ1) is 26.4. The molecule has 0 bridgehead atoms. The zero-order valence-corrected chi connectivity index (χ0v) is 41.5. The quantitative estimate of drug-likeness (QED) is 0.246. The summed E-state index contributed by atoms with van der Waals surface area (Å²) in [4.78, 5) is 16.0. The number of rotatable bonds is 0. The molecule has 0 saturated carbocycles. The first-order valence-corrected chi connectivity index (χ1v) is 22.4. The molecule has 0 saturated heterocycles. The number of ether oxygens (including phenoxy) is 3. The molecule has 5 heterocycles. The van der Waals surface area contributed by atoms with E-state index in [1.807, 2.05) is 20.8 Å². The van der Waals surface area contributed by atoms with E-state index in [0.717, 1.165) is 71.9 Å². The predicted octanol–water partition coefficient (Wildman–Crippen LogP) is 12.6. The van der Waals surface area contributed by atoms with E-state index in [1.54, 1.807) is 27.2 Å². The summed E-state index contributed by atoms with van der Waals surface area (Å²) in [7, 11) is 2.18. The maximum absolute atomic E-state index is 11.8. The SMILES string of the molecule is CC(C)(C)C1=CCNCC1.CC(C)(C)C1=CCOCC1.CC(C)(C)C1=CCOCC1.CC(C)(C)OC(=O)N1CC=C(C(C)(C)C)CC1.CN1CC=C(C(C)(C)C)CC1. The highest BCUT2D eigenvalue weighted by molar-refractivity contribution is 5.68. The van der Waals surface area contributed by atoms with E-state index >= 15 is 0 Å². The van der Waals surface area contributed by atoms with Crippen molar-refractivity contribution in [2.24, 2.45) is 27.1 Å². The lowest BCUT2D eigenvalue weighted by molar-refractivity contribution is 0.0262. The zero-order chi connectivity index (χ0) is 44.6. The number of hydrogen-bond acceptors (Lipinski definition) is 6. The molecule has 0 aromatic heterocycles. The average Bonchev–Trinajstić information content (AvgIpc) is 3.12. The number of hydrogen-bond donors (Lipinski definition) is 1. The van der Waals surface area contributed by atoms with Crippen LogP contribution in [-0.4, -0.2) is 94.2 Å². The van der Waals surface area contributed by atoms with Crippen LogP contribution in [0.15, 0.2) is 58.2 Å². The summed E-state index contributed by atoms with van der Waals surface area (Å²) in [5.41, 5.74) is 9.01. The maximum atomic E-state index is 11.8. The Morgan fingerprint density at radius 1 is 0.534 bits per heavy atom. The molecule has 0 spiro atoms. The summed E-state index contributed by atoms with van der Waals surface area (Å²) in [5.74, 6) is 0. The van der Waals surface area contributed by atoms with E-state index in [2.05, 4.69) is 152 Å². The lowest BCUT2D eigenvalue weighted by Gasteiger charge is -2.33. The first kappa shape index (κ1) is 53.8. The van der Waals surface area contributed by atoms with Crippen molar-refractivity contribution in [3.8, 4) is 0 Å². The summed E-state index contributed by atoms with van der Waals surface area (Å²) >= 11 is 0. The molecule has 0 aromatic carbocycles. The molecule has 1 amide bonds. The van der Waals surface area contributed by atoms with E-state index in [0.29, 0.717) is 28.2 Å². The van der Waals surface area contributed by atoms with E-state index < -0.39 is 5.60 Å². The molecular weight excluding hydrogens is 719 g/mol. The summed E-state index contributed by atoms with van der Waals surface area (Å²) < 4.78 is 15.8. The molecular formula is C51H93N3O4. The Kier molecular flexibility index (Phi) is 22.0. The highest BCUT2D eigenvalue weighted by atomic mass is 16.6. The maximum Gasteiger partial charge on any atom is 0.410 e. The van der Waals surface area contributed by atoms with Crippen molar-refractivity contribution in [3.63, 3.8) is 0 Å². The molecule has 0 unspecified atom stereocenters. The van der Waals surface area contributed by atoms with Crippen LogP contribution in [0.1, 0.15) is 157 Å². The molecule has 0 aromatic rings. The number of nitrogens with one attached hydrogen (secondary N) is 1. The van der Waals surface area contributed by atoms with Crippen molar-refractivity contribution in [2.45, 2.75) is 162 Å². The van der Waals surface area contributed by atoms with Crippen molar-refractivity contribution in [1.29, 1.82) is 0 Å². The van der Waals surface area contributed by atoms with Gasteiger partial charge < -0.3 is 29.3 Å². The molecule has 1 N–H and O–H groups in total. The second-order valence-electron chi connectivity index (χ2n) is 22.7. The Balaban J connectivity index is 0.000000369. The smallest absolute Gasteiger partial charge is 0.410 e. The normalized spacial score (nSPS) is 19.9. The molecule has 5 aliphatic rings. The van der Waals surface area contributed by atoms with Crippen molar-refractivity contribution in [2.75, 3.05) is 72.7 Å². The molecule has 0 radical (unpaired) electrons. The van der Waals surface area contributed by atoms with Gasteiger partial charge in [-0.1, -0.05) is 162 Å². The zero-order valence-electron chi connectivity index (χ0n) is 41.5. The Morgan fingerprint density at radius 3 is 1.19 bits per heavy atom. The highest BCUT2D eigenvalue weighted by Crippen LogP contribution is 2.32. The monoisotopic (exact) mass is 812 g/mol. The van der Waals surface area contributed by atoms with Crippen LogP contribution in [0.2, 0.25) is 0 Å². The standard InChI is InChI=1S/C14H25NO2.C10H19N.C9H17N.2C9H16O/c1-13(2,3)11-7-9-15(10-8-11)12(16)17-14(4,5)6;1-10(2,3)9-5-7-11(4)8-6-9;3*1-9(2,3)8-4-6-10-7-5-8/h7H,8-10H2,1-6H3;5H,6-8H2,1-4H3;4,10H,5-7H2,1-3H3;2*4H,5-7H2,1-3H3. The molecule has 58 heavy (non-hydrogen) atoms. The second kappa shape index (κ2) is 23.7. The lowest BCUT2D eigenvalue weighted by Crippen LogP contribution is -2.40. The number of nitrogens with zero attached hydrogens (tertiary/aromatic N) is 2. The summed E-state index contributed by atoms with van der Waals surface area (Å²) in [6.45, 7) is 49.0. The van der Waals surface area contributed by atoms with Gasteiger partial charge in [0, 0.05) is 32.7 Å². The Bertz CT molecular complexity index is 1300. The predicted molar refractivity (Wildman–Crippen MR) is 251 cm³/mol. The van der Waals surface area contributed by atoms with Crippen LogP contribution in [0.5, 0.6) is 0 Å². The second-order valence-corrected chi connectivity index (χ2v) is 22.7. The van der Waals surface area contributed by atoms with Gasteiger partial charge in [0.1, 0.15) is 5.60 Å². The molecule has 336 valence electrons. The topological polar surface area (TPSA) is 63.3 Å². The largest absolute Gasteiger partial charge is 0.444 e. The van der Waals surface area contributed by atoms with Crippen molar-refractivity contribution < 1.29 is 19.0 Å². The van der Waals surface area contributed by atoms with Crippen LogP contribution in [0.4, 0.5) is 4.79 Å². The summed E-state index contributed by atoms with van der Waals surface area (Å²) in [5, 5.41) is 3.31. The van der Waals surface area contributed by atoms with Gasteiger partial charge >= 0.3 is 6.09 Å². The molecule has 0 atom stereocenters. The summed E-state index contributed by atoms with van der Waals surface area (Å²) in [6.07, 6.45) is 16.7. The van der Waals surface area contributed by atoms with Gasteiger partial charge in [-0.15, -0.1) is 0 Å². The minimum absolute atomic E-state index is 0.207. The summed E-state index contributed by atoms with van der Waals surface area (Å²) in [6, 6.07) is 0. The molecule has 5 rings (SSSR count). The van der Waals surface area contributed by atoms with Crippen LogP contribution < -0.4 is 5.32 Å². The van der Waals surface area contributed by atoms with E-state index in [4.69, 9.17) is 14.2 Å². The molecule has 5 aliphatic heterocycles.